The van der Waals surface area contributed by atoms with E-state index in [4.69, 9.17) is 0 Å². The molecule has 0 bridgehead atoms. The zero-order chi connectivity index (χ0) is 20.3. The van der Waals surface area contributed by atoms with E-state index in [1.165, 1.54) is 26.2 Å². The van der Waals surface area contributed by atoms with Gasteiger partial charge in [-0.3, -0.25) is 4.79 Å². The van der Waals surface area contributed by atoms with Crippen molar-refractivity contribution in [3.63, 3.8) is 0 Å². The zero-order valence-corrected chi connectivity index (χ0v) is 16.9. The van der Waals surface area contributed by atoms with Crippen molar-refractivity contribution in [2.24, 2.45) is 0 Å². The molecule has 0 aliphatic rings. The van der Waals surface area contributed by atoms with Crippen molar-refractivity contribution in [2.75, 3.05) is 14.1 Å². The maximum absolute atomic E-state index is 12.2. The quantitative estimate of drug-likeness (QED) is 0.650. The number of amides is 1. The maximum atomic E-state index is 12.2. The first-order chi connectivity index (χ1) is 13.3. The molecule has 1 N–H and O–H groups in total. The van der Waals surface area contributed by atoms with Gasteiger partial charge >= 0.3 is 0 Å². The topological polar surface area (TPSA) is 97.2 Å². The highest BCUT2D eigenvalue weighted by atomic mass is 32.2. The Morgan fingerprint density at radius 1 is 1.18 bits per heavy atom. The van der Waals surface area contributed by atoms with Gasteiger partial charge < -0.3 is 5.32 Å². The largest absolute Gasteiger partial charge is 0.352 e. The molecule has 0 saturated heterocycles. The molecule has 0 atom stereocenters. The lowest BCUT2D eigenvalue weighted by molar-refractivity contribution is -0.121. The van der Waals surface area contributed by atoms with Gasteiger partial charge in [0.15, 0.2) is 0 Å². The first-order valence-corrected chi connectivity index (χ1v) is 10.3. The highest BCUT2D eigenvalue weighted by Gasteiger charge is 2.18. The van der Waals surface area contributed by atoms with Crippen LogP contribution in [0.4, 0.5) is 0 Å². The number of sulfonamides is 1. The van der Waals surface area contributed by atoms with Crippen molar-refractivity contribution in [2.45, 2.75) is 31.3 Å². The average Bonchev–Trinajstić information content (AvgIpc) is 3.07. The number of benzene rings is 2. The fourth-order valence-corrected chi connectivity index (χ4v) is 3.73. The second-order valence-electron chi connectivity index (χ2n) is 6.77. The Morgan fingerprint density at radius 2 is 1.96 bits per heavy atom. The van der Waals surface area contributed by atoms with Gasteiger partial charge in [-0.2, -0.15) is 0 Å². The summed E-state index contributed by atoms with van der Waals surface area (Å²) in [5.41, 5.74) is 3.36. The summed E-state index contributed by atoms with van der Waals surface area (Å²) in [7, 11) is -0.574. The molecule has 3 rings (SSSR count). The van der Waals surface area contributed by atoms with Crippen molar-refractivity contribution >= 4 is 27.0 Å². The first kappa shape index (κ1) is 20.0. The highest BCUT2D eigenvalue weighted by Crippen LogP contribution is 2.19. The number of nitrogens with zero attached hydrogens (tertiary/aromatic N) is 4. The highest BCUT2D eigenvalue weighted by molar-refractivity contribution is 7.89. The van der Waals surface area contributed by atoms with Gasteiger partial charge in [0.1, 0.15) is 5.52 Å². The molecule has 1 heterocycles. The summed E-state index contributed by atoms with van der Waals surface area (Å²) in [6.07, 6.45) is 0.252. The maximum Gasteiger partial charge on any atom is 0.242 e. The van der Waals surface area contributed by atoms with Crippen LogP contribution >= 0.6 is 0 Å². The molecular formula is C19H23N5O3S. The number of aromatic nitrogens is 3. The number of hydrogen-bond acceptors (Lipinski definition) is 5. The molecule has 0 unspecified atom stereocenters. The van der Waals surface area contributed by atoms with Crippen LogP contribution in [0.15, 0.2) is 47.4 Å². The second-order valence-corrected chi connectivity index (χ2v) is 8.92. The third-order valence-corrected chi connectivity index (χ3v) is 6.20. The average molecular weight is 401 g/mol. The van der Waals surface area contributed by atoms with Crippen LogP contribution in [0, 0.1) is 6.92 Å². The second kappa shape index (κ2) is 8.07. The molecule has 0 saturated carbocycles. The van der Waals surface area contributed by atoms with Crippen LogP contribution in [0.25, 0.3) is 11.0 Å². The monoisotopic (exact) mass is 401 g/mol. The minimum absolute atomic E-state index is 0.0861. The van der Waals surface area contributed by atoms with Gasteiger partial charge in [0.2, 0.25) is 15.9 Å². The lowest BCUT2D eigenvalue weighted by Gasteiger charge is -2.11. The van der Waals surface area contributed by atoms with Crippen LogP contribution in [0.5, 0.6) is 0 Å². The summed E-state index contributed by atoms with van der Waals surface area (Å²) in [6, 6.07) is 12.7. The van der Waals surface area contributed by atoms with Gasteiger partial charge in [-0.15, -0.1) is 5.10 Å². The van der Waals surface area contributed by atoms with Crippen LogP contribution in [-0.4, -0.2) is 47.7 Å². The molecule has 8 nitrogen and oxygen atoms in total. The van der Waals surface area contributed by atoms with Crippen LogP contribution in [0.3, 0.4) is 0 Å². The molecule has 28 heavy (non-hydrogen) atoms. The predicted octanol–water partition coefficient (Wildman–Crippen LogP) is 1.70. The molecule has 2 aromatic carbocycles. The molecule has 0 radical (unpaired) electrons. The van der Waals surface area contributed by atoms with E-state index < -0.39 is 10.0 Å². The number of hydrogen-bond donors (Lipinski definition) is 1. The van der Waals surface area contributed by atoms with Crippen molar-refractivity contribution in [3.05, 3.63) is 53.6 Å². The standard InChI is InChI=1S/C19H23N5O3S/c1-14-5-4-6-15(11-14)13-20-19(25)9-10-24-18-8-7-16(12-17(18)21-22-24)28(26,27)23(2)3/h4-8,11-12H,9-10,13H2,1-3H3,(H,20,25). The molecular weight excluding hydrogens is 378 g/mol. The Labute approximate surface area is 164 Å². The lowest BCUT2D eigenvalue weighted by Crippen LogP contribution is -2.24. The van der Waals surface area contributed by atoms with Crippen molar-refractivity contribution in [1.82, 2.24) is 24.6 Å². The van der Waals surface area contributed by atoms with Gasteiger partial charge in [-0.05, 0) is 30.7 Å². The number of aryl methyl sites for hydroxylation is 2. The fraction of sp³-hybridized carbons (Fsp3) is 0.316. The molecule has 148 valence electrons. The Bertz CT molecular complexity index is 1110. The molecule has 0 aliphatic carbocycles. The molecule has 0 spiro atoms. The third-order valence-electron chi connectivity index (χ3n) is 4.39. The number of carbonyl (C=O) groups excluding carboxylic acids is 1. The van der Waals surface area contributed by atoms with Crippen LogP contribution in [-0.2, 0) is 27.9 Å². The Kier molecular flexibility index (Phi) is 5.76. The van der Waals surface area contributed by atoms with Gasteiger partial charge in [-0.1, -0.05) is 35.0 Å². The van der Waals surface area contributed by atoms with Gasteiger partial charge in [0, 0.05) is 27.1 Å². The van der Waals surface area contributed by atoms with E-state index in [0.29, 0.717) is 24.1 Å². The summed E-state index contributed by atoms with van der Waals surface area (Å²) in [4.78, 5) is 12.3. The molecule has 9 heteroatoms. The van der Waals surface area contributed by atoms with E-state index in [9.17, 15) is 13.2 Å². The van der Waals surface area contributed by atoms with E-state index in [0.717, 1.165) is 15.4 Å². The molecule has 1 amide bonds. The summed E-state index contributed by atoms with van der Waals surface area (Å²) in [5, 5.41) is 11.0. The number of rotatable bonds is 7. The smallest absolute Gasteiger partial charge is 0.242 e. The Hall–Kier alpha value is -2.78. The Balaban J connectivity index is 1.64. The van der Waals surface area contributed by atoms with E-state index >= 15 is 0 Å². The van der Waals surface area contributed by atoms with Crippen LogP contribution in [0.2, 0.25) is 0 Å². The van der Waals surface area contributed by atoms with E-state index in [1.54, 1.807) is 10.7 Å². The van der Waals surface area contributed by atoms with E-state index in [1.807, 2.05) is 31.2 Å². The zero-order valence-electron chi connectivity index (χ0n) is 16.1. The van der Waals surface area contributed by atoms with Gasteiger partial charge in [0.25, 0.3) is 0 Å². The SMILES string of the molecule is Cc1cccc(CNC(=O)CCn2nnc3cc(S(=O)(=O)N(C)C)ccc32)c1. The van der Waals surface area contributed by atoms with E-state index in [2.05, 4.69) is 15.6 Å². The summed E-state index contributed by atoms with van der Waals surface area (Å²) < 4.78 is 27.2. The number of fused-ring (bicyclic) bond motifs is 1. The fourth-order valence-electron chi connectivity index (χ4n) is 2.81. The molecule has 1 aromatic heterocycles. The lowest BCUT2D eigenvalue weighted by atomic mass is 10.1. The van der Waals surface area contributed by atoms with Crippen molar-refractivity contribution < 1.29 is 13.2 Å². The minimum atomic E-state index is -3.53. The summed E-state index contributed by atoms with van der Waals surface area (Å²) in [6.45, 7) is 2.84. The minimum Gasteiger partial charge on any atom is -0.352 e. The number of nitrogens with one attached hydrogen (secondary N) is 1. The van der Waals surface area contributed by atoms with Crippen molar-refractivity contribution in [3.8, 4) is 0 Å². The molecule has 0 aliphatic heterocycles. The first-order valence-electron chi connectivity index (χ1n) is 8.85. The number of carbonyl (C=O) groups is 1. The predicted molar refractivity (Wildman–Crippen MR) is 106 cm³/mol. The van der Waals surface area contributed by atoms with E-state index in [-0.39, 0.29) is 17.2 Å². The Morgan fingerprint density at radius 3 is 2.68 bits per heavy atom. The van der Waals surface area contributed by atoms with Crippen molar-refractivity contribution in [1.29, 1.82) is 0 Å². The molecule has 0 fully saturated rings. The van der Waals surface area contributed by atoms with Crippen LogP contribution < -0.4 is 5.32 Å². The van der Waals surface area contributed by atoms with Gasteiger partial charge in [-0.25, -0.2) is 17.4 Å². The van der Waals surface area contributed by atoms with Crippen LogP contribution in [0.1, 0.15) is 17.5 Å². The molecule has 3 aromatic rings. The van der Waals surface area contributed by atoms with Gasteiger partial charge in [0.05, 0.1) is 17.0 Å². The summed E-state index contributed by atoms with van der Waals surface area (Å²) in [5.74, 6) is -0.0861. The summed E-state index contributed by atoms with van der Waals surface area (Å²) >= 11 is 0. The normalized spacial score (nSPS) is 11.9. The third kappa shape index (κ3) is 4.37.